The second kappa shape index (κ2) is 7.23. The maximum atomic E-state index is 3.82. The van der Waals surface area contributed by atoms with Gasteiger partial charge in [-0.3, -0.25) is 0 Å². The van der Waals surface area contributed by atoms with Gasteiger partial charge in [0.1, 0.15) is 0 Å². The van der Waals surface area contributed by atoms with Crippen molar-refractivity contribution in [3.05, 3.63) is 67.2 Å². The molecule has 2 rings (SSSR count). The van der Waals surface area contributed by atoms with E-state index in [1.54, 1.807) is 0 Å². The Morgan fingerprint density at radius 2 is 1.79 bits per heavy atom. The molecule has 1 unspecified atom stereocenters. The second-order valence-corrected chi connectivity index (χ2v) is 7.51. The van der Waals surface area contributed by atoms with Gasteiger partial charge in [0, 0.05) is 8.04 Å². The zero-order valence-electron chi connectivity index (χ0n) is 10.7. The van der Waals surface area contributed by atoms with Gasteiger partial charge >= 0.3 is 0 Å². The predicted octanol–water partition coefficient (Wildman–Crippen LogP) is 6.49. The molecule has 0 heterocycles. The molecule has 0 fully saturated rings. The molecule has 0 saturated carbocycles. The summed E-state index contributed by atoms with van der Waals surface area (Å²) in [7, 11) is 0. The minimum Gasteiger partial charge on any atom is -0.0786 e. The standard InChI is InChI=1S/C16H15Br2I/c1-2-3-11-4-6-12(7-5-11)16(18)14-10-13(17)8-9-15(14)19/h4-10,16H,2-3H2,1H3. The third kappa shape index (κ3) is 4.05. The molecule has 0 aliphatic heterocycles. The van der Waals surface area contributed by atoms with Gasteiger partial charge in [0.05, 0.1) is 4.83 Å². The number of hydrogen-bond acceptors (Lipinski definition) is 0. The highest BCUT2D eigenvalue weighted by Crippen LogP contribution is 2.35. The molecule has 0 bridgehead atoms. The van der Waals surface area contributed by atoms with Crippen molar-refractivity contribution in [3.8, 4) is 0 Å². The lowest BCUT2D eigenvalue weighted by atomic mass is 10.0. The lowest BCUT2D eigenvalue weighted by Crippen LogP contribution is -1.96. The van der Waals surface area contributed by atoms with Gasteiger partial charge in [0.2, 0.25) is 0 Å². The summed E-state index contributed by atoms with van der Waals surface area (Å²) >= 11 is 9.75. The number of aryl methyl sites for hydroxylation is 1. The van der Waals surface area contributed by atoms with E-state index in [1.807, 2.05) is 0 Å². The first-order valence-electron chi connectivity index (χ1n) is 6.29. The van der Waals surface area contributed by atoms with E-state index in [2.05, 4.69) is 104 Å². The van der Waals surface area contributed by atoms with Crippen LogP contribution in [0, 0.1) is 3.57 Å². The molecule has 0 N–H and O–H groups in total. The smallest absolute Gasteiger partial charge is 0.0655 e. The van der Waals surface area contributed by atoms with E-state index < -0.39 is 0 Å². The molecular formula is C16H15Br2I. The normalized spacial score (nSPS) is 12.4. The predicted molar refractivity (Wildman–Crippen MR) is 98.1 cm³/mol. The Morgan fingerprint density at radius 1 is 1.11 bits per heavy atom. The first-order valence-corrected chi connectivity index (χ1v) is 9.08. The number of rotatable bonds is 4. The number of hydrogen-bond donors (Lipinski definition) is 0. The lowest BCUT2D eigenvalue weighted by Gasteiger charge is -2.14. The Morgan fingerprint density at radius 3 is 2.42 bits per heavy atom. The highest BCUT2D eigenvalue weighted by atomic mass is 127. The summed E-state index contributed by atoms with van der Waals surface area (Å²) < 4.78 is 2.40. The second-order valence-electron chi connectivity index (χ2n) is 4.52. The summed E-state index contributed by atoms with van der Waals surface area (Å²) in [5.74, 6) is 0. The molecular weight excluding hydrogens is 479 g/mol. The Kier molecular flexibility index (Phi) is 5.90. The fourth-order valence-electron chi connectivity index (χ4n) is 2.03. The van der Waals surface area contributed by atoms with Crippen LogP contribution in [0.5, 0.6) is 0 Å². The van der Waals surface area contributed by atoms with Crippen molar-refractivity contribution in [2.75, 3.05) is 0 Å². The molecule has 0 aliphatic rings. The summed E-state index contributed by atoms with van der Waals surface area (Å²) in [6, 6.07) is 15.3. The van der Waals surface area contributed by atoms with Crippen molar-refractivity contribution in [2.45, 2.75) is 24.6 Å². The number of alkyl halides is 1. The molecule has 0 radical (unpaired) electrons. The zero-order chi connectivity index (χ0) is 13.8. The van der Waals surface area contributed by atoms with Crippen LogP contribution in [0.1, 0.15) is 34.9 Å². The van der Waals surface area contributed by atoms with Crippen LogP contribution in [-0.2, 0) is 6.42 Å². The van der Waals surface area contributed by atoms with E-state index in [0.717, 1.165) is 10.9 Å². The molecule has 1 atom stereocenters. The molecule has 2 aromatic carbocycles. The van der Waals surface area contributed by atoms with Crippen LogP contribution in [0.2, 0.25) is 0 Å². The van der Waals surface area contributed by atoms with Crippen LogP contribution in [-0.4, -0.2) is 0 Å². The molecule has 0 aliphatic carbocycles. The Balaban J connectivity index is 2.27. The van der Waals surface area contributed by atoms with Crippen LogP contribution >= 0.6 is 54.5 Å². The first-order chi connectivity index (χ1) is 9.11. The van der Waals surface area contributed by atoms with Gasteiger partial charge in [0.15, 0.2) is 0 Å². The third-order valence-corrected chi connectivity index (χ3v) is 5.54. The molecule has 3 heteroatoms. The molecule has 19 heavy (non-hydrogen) atoms. The van der Waals surface area contributed by atoms with Crippen molar-refractivity contribution in [3.63, 3.8) is 0 Å². The topological polar surface area (TPSA) is 0 Å². The summed E-state index contributed by atoms with van der Waals surface area (Å²) in [6.45, 7) is 2.21. The summed E-state index contributed by atoms with van der Waals surface area (Å²) in [6.07, 6.45) is 2.35. The average molecular weight is 494 g/mol. The van der Waals surface area contributed by atoms with Crippen molar-refractivity contribution in [1.82, 2.24) is 0 Å². The van der Waals surface area contributed by atoms with Crippen molar-refractivity contribution >= 4 is 54.5 Å². The van der Waals surface area contributed by atoms with E-state index in [-0.39, 0.29) is 4.83 Å². The molecule has 0 aromatic heterocycles. The highest BCUT2D eigenvalue weighted by Gasteiger charge is 2.13. The number of halogens is 3. The maximum Gasteiger partial charge on any atom is 0.0655 e. The van der Waals surface area contributed by atoms with Gasteiger partial charge in [-0.15, -0.1) is 0 Å². The fourth-order valence-corrected chi connectivity index (χ4v) is 4.17. The minimum absolute atomic E-state index is 0.243. The van der Waals surface area contributed by atoms with Crippen LogP contribution in [0.4, 0.5) is 0 Å². The largest absolute Gasteiger partial charge is 0.0786 e. The molecule has 2 aromatic rings. The molecule has 0 spiro atoms. The van der Waals surface area contributed by atoms with E-state index in [1.165, 1.54) is 26.7 Å². The Hall–Kier alpha value is 0.130. The van der Waals surface area contributed by atoms with Crippen LogP contribution < -0.4 is 0 Å². The third-order valence-electron chi connectivity index (χ3n) is 3.04. The van der Waals surface area contributed by atoms with Crippen molar-refractivity contribution in [2.24, 2.45) is 0 Å². The molecule has 100 valence electrons. The monoisotopic (exact) mass is 492 g/mol. The van der Waals surface area contributed by atoms with Gasteiger partial charge in [-0.2, -0.15) is 0 Å². The Bertz CT molecular complexity index is 549. The van der Waals surface area contributed by atoms with E-state index in [4.69, 9.17) is 0 Å². The molecule has 0 saturated heterocycles. The van der Waals surface area contributed by atoms with Crippen LogP contribution in [0.15, 0.2) is 46.9 Å². The van der Waals surface area contributed by atoms with Gasteiger partial charge < -0.3 is 0 Å². The maximum absolute atomic E-state index is 3.82. The Labute approximate surface area is 145 Å². The quantitative estimate of drug-likeness (QED) is 0.337. The van der Waals surface area contributed by atoms with Gasteiger partial charge in [-0.05, 0) is 63.9 Å². The summed E-state index contributed by atoms with van der Waals surface area (Å²) in [4.78, 5) is 0.243. The minimum atomic E-state index is 0.243. The zero-order valence-corrected chi connectivity index (χ0v) is 16.0. The van der Waals surface area contributed by atoms with E-state index >= 15 is 0 Å². The SMILES string of the molecule is CCCc1ccc(C(Br)c2cc(Br)ccc2I)cc1. The highest BCUT2D eigenvalue weighted by molar-refractivity contribution is 14.1. The van der Waals surface area contributed by atoms with Crippen molar-refractivity contribution < 1.29 is 0 Å². The van der Waals surface area contributed by atoms with Crippen molar-refractivity contribution in [1.29, 1.82) is 0 Å². The van der Waals surface area contributed by atoms with Gasteiger partial charge in [0.25, 0.3) is 0 Å². The van der Waals surface area contributed by atoms with E-state index in [0.29, 0.717) is 0 Å². The van der Waals surface area contributed by atoms with E-state index in [9.17, 15) is 0 Å². The summed E-state index contributed by atoms with van der Waals surface area (Å²) in [5.41, 5.74) is 4.02. The molecule has 0 nitrogen and oxygen atoms in total. The van der Waals surface area contributed by atoms with Crippen LogP contribution in [0.25, 0.3) is 0 Å². The van der Waals surface area contributed by atoms with Gasteiger partial charge in [-0.1, -0.05) is 69.5 Å². The van der Waals surface area contributed by atoms with Crippen LogP contribution in [0.3, 0.4) is 0 Å². The lowest BCUT2D eigenvalue weighted by molar-refractivity contribution is 0.920. The fraction of sp³-hybridized carbons (Fsp3) is 0.250. The first kappa shape index (κ1) is 15.5. The number of benzene rings is 2. The van der Waals surface area contributed by atoms with Gasteiger partial charge in [-0.25, -0.2) is 0 Å². The molecule has 0 amide bonds. The summed E-state index contributed by atoms with van der Waals surface area (Å²) in [5, 5.41) is 0. The average Bonchev–Trinajstić information content (AvgIpc) is 2.42.